The van der Waals surface area contributed by atoms with Crippen LogP contribution in [-0.2, 0) is 0 Å². The van der Waals surface area contributed by atoms with Crippen LogP contribution in [0.25, 0.3) is 0 Å². The average molecular weight is 285 g/mol. The van der Waals surface area contributed by atoms with Crippen molar-refractivity contribution in [2.24, 2.45) is 5.92 Å². The van der Waals surface area contributed by atoms with Crippen LogP contribution in [-0.4, -0.2) is 30.4 Å². The second kappa shape index (κ2) is 6.83. The number of carbonyl (C=O) groups is 2. The normalized spacial score (nSPS) is 17.0. The quantitative estimate of drug-likeness (QED) is 0.884. The Hall–Kier alpha value is -2.43. The van der Waals surface area contributed by atoms with Gasteiger partial charge in [-0.1, -0.05) is 31.2 Å². The van der Waals surface area contributed by atoms with Gasteiger partial charge in [-0.05, 0) is 30.0 Å². The topological polar surface area (TPSA) is 71.1 Å². The lowest BCUT2D eigenvalue weighted by Crippen LogP contribution is -2.28. The van der Waals surface area contributed by atoms with Crippen molar-refractivity contribution in [3.8, 4) is 0 Å². The first-order valence-electron chi connectivity index (χ1n) is 6.94. The maximum Gasteiger partial charge on any atom is 0.270 e. The van der Waals surface area contributed by atoms with Crippen molar-refractivity contribution in [3.63, 3.8) is 0 Å². The molecule has 1 unspecified atom stereocenters. The summed E-state index contributed by atoms with van der Waals surface area (Å²) < 4.78 is 0. The molecule has 0 saturated carbocycles. The molecule has 1 aliphatic rings. The smallest absolute Gasteiger partial charge is 0.270 e. The van der Waals surface area contributed by atoms with Gasteiger partial charge in [0.15, 0.2) is 0 Å². The minimum atomic E-state index is -0.309. The molecule has 5 nitrogen and oxygen atoms in total. The maximum atomic E-state index is 12.1. The second-order valence-electron chi connectivity index (χ2n) is 5.02. The summed E-state index contributed by atoms with van der Waals surface area (Å²) in [5.41, 5.74) is 1.56. The number of amides is 2. The Labute approximate surface area is 124 Å². The van der Waals surface area contributed by atoms with Gasteiger partial charge in [-0.15, -0.1) is 0 Å². The van der Waals surface area contributed by atoms with Crippen molar-refractivity contribution in [3.05, 3.63) is 53.4 Å². The van der Waals surface area contributed by atoms with Crippen molar-refractivity contribution in [1.29, 1.82) is 0 Å². The molecule has 1 heterocycles. The molecule has 5 heteroatoms. The molecule has 0 aliphatic heterocycles. The van der Waals surface area contributed by atoms with Crippen LogP contribution in [0.3, 0.4) is 0 Å². The molecule has 0 spiro atoms. The Bertz CT molecular complexity index is 605. The monoisotopic (exact) mass is 285 g/mol. The van der Waals surface area contributed by atoms with Crippen LogP contribution in [0, 0.1) is 5.92 Å². The molecule has 0 aromatic carbocycles. The number of hydrogen-bond donors (Lipinski definition) is 2. The van der Waals surface area contributed by atoms with Gasteiger partial charge in [0.25, 0.3) is 11.8 Å². The number of nitrogens with zero attached hydrogens (tertiary/aromatic N) is 1. The van der Waals surface area contributed by atoms with E-state index in [1.165, 1.54) is 7.05 Å². The zero-order valence-electron chi connectivity index (χ0n) is 12.2. The molecular weight excluding hydrogens is 266 g/mol. The summed E-state index contributed by atoms with van der Waals surface area (Å²) in [4.78, 5) is 27.6. The highest BCUT2D eigenvalue weighted by atomic mass is 16.2. The SMILES string of the molecule is CNC(=O)c1cccc(C(=O)NCC2=CCC(C)C=C2)n1. The summed E-state index contributed by atoms with van der Waals surface area (Å²) in [7, 11) is 1.53. The van der Waals surface area contributed by atoms with Crippen molar-refractivity contribution < 1.29 is 9.59 Å². The second-order valence-corrected chi connectivity index (χ2v) is 5.02. The fraction of sp³-hybridized carbons (Fsp3) is 0.312. The highest BCUT2D eigenvalue weighted by Gasteiger charge is 2.11. The van der Waals surface area contributed by atoms with E-state index in [1.807, 2.05) is 6.08 Å². The van der Waals surface area contributed by atoms with E-state index in [0.29, 0.717) is 12.5 Å². The lowest BCUT2D eigenvalue weighted by molar-refractivity contribution is 0.0950. The average Bonchev–Trinajstić information content (AvgIpc) is 2.53. The van der Waals surface area contributed by atoms with Crippen LogP contribution in [0.1, 0.15) is 34.3 Å². The van der Waals surface area contributed by atoms with Crippen LogP contribution in [0.15, 0.2) is 42.0 Å². The van der Waals surface area contributed by atoms with Gasteiger partial charge >= 0.3 is 0 Å². The van der Waals surface area contributed by atoms with Gasteiger partial charge in [-0.25, -0.2) is 4.98 Å². The lowest BCUT2D eigenvalue weighted by Gasteiger charge is -2.12. The van der Waals surface area contributed by atoms with E-state index in [-0.39, 0.29) is 23.2 Å². The summed E-state index contributed by atoms with van der Waals surface area (Å²) in [6.07, 6.45) is 7.28. The molecule has 1 aromatic heterocycles. The Morgan fingerprint density at radius 3 is 2.62 bits per heavy atom. The van der Waals surface area contributed by atoms with E-state index >= 15 is 0 Å². The van der Waals surface area contributed by atoms with Crippen LogP contribution >= 0.6 is 0 Å². The van der Waals surface area contributed by atoms with Crippen LogP contribution in [0.2, 0.25) is 0 Å². The van der Waals surface area contributed by atoms with E-state index in [1.54, 1.807) is 18.2 Å². The lowest BCUT2D eigenvalue weighted by atomic mass is 9.98. The molecule has 1 aromatic rings. The number of aromatic nitrogens is 1. The van der Waals surface area contributed by atoms with E-state index < -0.39 is 0 Å². The van der Waals surface area contributed by atoms with Gasteiger partial charge in [0.2, 0.25) is 0 Å². The van der Waals surface area contributed by atoms with E-state index in [9.17, 15) is 9.59 Å². The molecule has 1 aliphatic carbocycles. The molecular formula is C16H19N3O2. The first-order valence-corrected chi connectivity index (χ1v) is 6.94. The summed E-state index contributed by atoms with van der Waals surface area (Å²) in [6, 6.07) is 4.81. The predicted molar refractivity (Wildman–Crippen MR) is 81.0 cm³/mol. The molecule has 2 N–H and O–H groups in total. The minimum absolute atomic E-state index is 0.232. The highest BCUT2D eigenvalue weighted by Crippen LogP contribution is 2.14. The van der Waals surface area contributed by atoms with E-state index in [0.717, 1.165) is 12.0 Å². The summed E-state index contributed by atoms with van der Waals surface area (Å²) in [6.45, 7) is 2.62. The van der Waals surface area contributed by atoms with Gasteiger partial charge in [-0.2, -0.15) is 0 Å². The molecule has 2 rings (SSSR count). The van der Waals surface area contributed by atoms with Crippen molar-refractivity contribution in [2.45, 2.75) is 13.3 Å². The summed E-state index contributed by atoms with van der Waals surface area (Å²) >= 11 is 0. The van der Waals surface area contributed by atoms with Gasteiger partial charge in [0.1, 0.15) is 11.4 Å². The molecule has 1 atom stereocenters. The van der Waals surface area contributed by atoms with Gasteiger partial charge in [-0.3, -0.25) is 9.59 Å². The van der Waals surface area contributed by atoms with Gasteiger partial charge in [0, 0.05) is 13.6 Å². The van der Waals surface area contributed by atoms with Crippen LogP contribution in [0.4, 0.5) is 0 Å². The Morgan fingerprint density at radius 2 is 2.00 bits per heavy atom. The largest absolute Gasteiger partial charge is 0.354 e. The zero-order valence-corrected chi connectivity index (χ0v) is 12.2. The third-order valence-corrected chi connectivity index (χ3v) is 3.29. The molecule has 0 radical (unpaired) electrons. The van der Waals surface area contributed by atoms with Crippen molar-refractivity contribution in [1.82, 2.24) is 15.6 Å². The van der Waals surface area contributed by atoms with Crippen molar-refractivity contribution in [2.75, 3.05) is 13.6 Å². The third kappa shape index (κ3) is 4.02. The molecule has 0 saturated heterocycles. The van der Waals surface area contributed by atoms with Crippen LogP contribution in [0.5, 0.6) is 0 Å². The molecule has 0 fully saturated rings. The first kappa shape index (κ1) is 15.0. The fourth-order valence-electron chi connectivity index (χ4n) is 1.99. The Balaban J connectivity index is 1.98. The summed E-state index contributed by atoms with van der Waals surface area (Å²) in [5.74, 6) is -0.0411. The Morgan fingerprint density at radius 1 is 1.29 bits per heavy atom. The molecule has 2 amide bonds. The highest BCUT2D eigenvalue weighted by molar-refractivity contribution is 5.96. The molecule has 110 valence electrons. The van der Waals surface area contributed by atoms with E-state index in [2.05, 4.69) is 34.7 Å². The minimum Gasteiger partial charge on any atom is -0.354 e. The van der Waals surface area contributed by atoms with Gasteiger partial charge < -0.3 is 10.6 Å². The first-order chi connectivity index (χ1) is 10.1. The van der Waals surface area contributed by atoms with E-state index in [4.69, 9.17) is 0 Å². The third-order valence-electron chi connectivity index (χ3n) is 3.29. The summed E-state index contributed by atoms with van der Waals surface area (Å²) in [5, 5.41) is 5.30. The van der Waals surface area contributed by atoms with Crippen molar-refractivity contribution >= 4 is 11.8 Å². The number of hydrogen-bond acceptors (Lipinski definition) is 3. The standard InChI is InChI=1S/C16H19N3O2/c1-11-6-8-12(9-7-11)10-18-16(21)14-5-3-4-13(19-14)15(20)17-2/h3-6,8-9,11H,7,10H2,1-2H3,(H,17,20)(H,18,21). The number of carbonyl (C=O) groups excluding carboxylic acids is 2. The maximum absolute atomic E-state index is 12.1. The number of rotatable bonds is 4. The number of allylic oxidation sites excluding steroid dienone is 2. The zero-order chi connectivity index (χ0) is 15.2. The van der Waals surface area contributed by atoms with Crippen LogP contribution < -0.4 is 10.6 Å². The number of nitrogens with one attached hydrogen (secondary N) is 2. The predicted octanol–water partition coefficient (Wildman–Crippen LogP) is 1.69. The molecule has 0 bridgehead atoms. The van der Waals surface area contributed by atoms with Gasteiger partial charge in [0.05, 0.1) is 0 Å². The molecule has 21 heavy (non-hydrogen) atoms. The Kier molecular flexibility index (Phi) is 4.87. The fourth-order valence-corrected chi connectivity index (χ4v) is 1.99. The number of pyridine rings is 1.